The Labute approximate surface area is 208 Å². The highest BCUT2D eigenvalue weighted by Crippen LogP contribution is 2.23. The van der Waals surface area contributed by atoms with Gasteiger partial charge in [0.2, 0.25) is 5.91 Å². The summed E-state index contributed by atoms with van der Waals surface area (Å²) in [6.45, 7) is 7.77. The molecule has 3 heterocycles. The average molecular weight is 488 g/mol. The molecule has 1 aromatic heterocycles. The highest BCUT2D eigenvalue weighted by atomic mass is 16.5. The summed E-state index contributed by atoms with van der Waals surface area (Å²) in [6, 6.07) is 7.85. The number of fused-ring (bicyclic) bond motifs is 1. The van der Waals surface area contributed by atoms with Gasteiger partial charge in [-0.15, -0.1) is 0 Å². The minimum Gasteiger partial charge on any atom is -0.385 e. The lowest BCUT2D eigenvalue weighted by atomic mass is 9.93. The minimum absolute atomic E-state index is 0. The van der Waals surface area contributed by atoms with Crippen molar-refractivity contribution in [2.45, 2.75) is 46.2 Å². The molecule has 35 heavy (non-hydrogen) atoms. The number of rotatable bonds is 9. The van der Waals surface area contributed by atoms with E-state index in [9.17, 15) is 9.59 Å². The lowest BCUT2D eigenvalue weighted by Crippen LogP contribution is -2.55. The van der Waals surface area contributed by atoms with Gasteiger partial charge in [-0.3, -0.25) is 9.59 Å². The number of nitrogens with zero attached hydrogens (tertiary/aromatic N) is 4. The Hall–Kier alpha value is -2.49. The zero-order chi connectivity index (χ0) is 23.9. The Morgan fingerprint density at radius 3 is 2.71 bits per heavy atom. The van der Waals surface area contributed by atoms with Crippen molar-refractivity contribution in [3.8, 4) is 0 Å². The van der Waals surface area contributed by atoms with Gasteiger partial charge in [0.1, 0.15) is 0 Å². The number of methoxy groups -OCH3 is 1. The molecule has 1 aromatic carbocycles. The molecule has 2 aliphatic rings. The Morgan fingerprint density at radius 1 is 1.20 bits per heavy atom. The number of piperidine rings is 1. The van der Waals surface area contributed by atoms with Crippen LogP contribution < -0.4 is 5.32 Å². The van der Waals surface area contributed by atoms with Crippen molar-refractivity contribution in [1.29, 1.82) is 0 Å². The number of para-hydroxylation sites is 2. The number of ether oxygens (including phenoxy) is 2. The molecule has 2 saturated heterocycles. The molecule has 2 fully saturated rings. The van der Waals surface area contributed by atoms with E-state index in [1.807, 2.05) is 45.6 Å². The molecule has 0 spiro atoms. The molecule has 1 N–H and O–H groups in total. The number of hydrogen-bond donors (Lipinski definition) is 1. The van der Waals surface area contributed by atoms with Crippen molar-refractivity contribution in [2.24, 2.45) is 5.92 Å². The number of hydrogen-bond acceptors (Lipinski definition) is 6. The maximum absolute atomic E-state index is 13.8. The summed E-state index contributed by atoms with van der Waals surface area (Å²) in [5.74, 6) is 0.430. The first-order valence-electron chi connectivity index (χ1n) is 12.5. The fraction of sp³-hybridized carbons (Fsp3) is 0.654. The van der Waals surface area contributed by atoms with Gasteiger partial charge < -0.3 is 29.2 Å². The monoisotopic (exact) mass is 487 g/mol. The van der Waals surface area contributed by atoms with Gasteiger partial charge in [-0.25, -0.2) is 4.98 Å². The molecule has 2 aliphatic heterocycles. The summed E-state index contributed by atoms with van der Waals surface area (Å²) in [6.07, 6.45) is 2.49. The van der Waals surface area contributed by atoms with Crippen LogP contribution >= 0.6 is 0 Å². The van der Waals surface area contributed by atoms with Gasteiger partial charge in [0.15, 0.2) is 5.82 Å². The number of morpholine rings is 1. The summed E-state index contributed by atoms with van der Waals surface area (Å²) in [5, 5.41) is 3.40. The van der Waals surface area contributed by atoms with E-state index in [0.717, 1.165) is 23.9 Å². The third-order valence-electron chi connectivity index (χ3n) is 6.87. The molecule has 4 rings (SSSR count). The number of benzene rings is 1. The van der Waals surface area contributed by atoms with Gasteiger partial charge in [0, 0.05) is 59.0 Å². The molecule has 2 amide bonds. The van der Waals surface area contributed by atoms with E-state index >= 15 is 0 Å². The highest BCUT2D eigenvalue weighted by Gasteiger charge is 2.36. The fourth-order valence-electron chi connectivity index (χ4n) is 5.06. The highest BCUT2D eigenvalue weighted by molar-refractivity contribution is 5.95. The molecule has 0 radical (unpaired) electrons. The Kier molecular flexibility index (Phi) is 10.1. The molecule has 0 saturated carbocycles. The number of aromatic nitrogens is 2. The third kappa shape index (κ3) is 6.20. The van der Waals surface area contributed by atoms with E-state index in [0.29, 0.717) is 71.3 Å². The van der Waals surface area contributed by atoms with E-state index in [-0.39, 0.29) is 31.2 Å². The van der Waals surface area contributed by atoms with Crippen molar-refractivity contribution in [3.63, 3.8) is 0 Å². The van der Waals surface area contributed by atoms with E-state index in [2.05, 4.69) is 5.32 Å². The number of likely N-dealkylation sites (N-methyl/N-ethyl adjacent to an activating group) is 1. The minimum atomic E-state index is -0.133. The van der Waals surface area contributed by atoms with Crippen LogP contribution in [-0.2, 0) is 20.8 Å². The van der Waals surface area contributed by atoms with E-state index < -0.39 is 0 Å². The third-order valence-corrected chi connectivity index (χ3v) is 6.87. The maximum atomic E-state index is 13.8. The smallest absolute Gasteiger partial charge is 0.290 e. The van der Waals surface area contributed by atoms with Crippen LogP contribution in [0.5, 0.6) is 0 Å². The molecule has 0 bridgehead atoms. The second kappa shape index (κ2) is 13.0. The van der Waals surface area contributed by atoms with Crippen molar-refractivity contribution in [1.82, 2.24) is 24.7 Å². The first kappa shape index (κ1) is 27.1. The summed E-state index contributed by atoms with van der Waals surface area (Å²) in [5.41, 5.74) is 1.80. The first-order chi connectivity index (χ1) is 16.6. The summed E-state index contributed by atoms with van der Waals surface area (Å²) in [4.78, 5) is 35.4. The second-order valence-corrected chi connectivity index (χ2v) is 9.05. The number of unbranched alkanes of at least 4 members (excludes halogenated alkanes) is 1. The molecule has 9 nitrogen and oxygen atoms in total. The van der Waals surface area contributed by atoms with Crippen LogP contribution in [0.15, 0.2) is 24.3 Å². The predicted molar refractivity (Wildman–Crippen MR) is 136 cm³/mol. The van der Waals surface area contributed by atoms with Gasteiger partial charge in [-0.1, -0.05) is 19.6 Å². The zero-order valence-corrected chi connectivity index (χ0v) is 20.4. The normalized spacial score (nSPS) is 20.5. The zero-order valence-electron chi connectivity index (χ0n) is 20.4. The Morgan fingerprint density at radius 2 is 1.97 bits per heavy atom. The van der Waals surface area contributed by atoms with E-state index in [4.69, 9.17) is 14.5 Å². The van der Waals surface area contributed by atoms with E-state index in [1.54, 1.807) is 7.11 Å². The van der Waals surface area contributed by atoms with Gasteiger partial charge in [-0.2, -0.15) is 0 Å². The van der Waals surface area contributed by atoms with Gasteiger partial charge in [0.25, 0.3) is 5.91 Å². The van der Waals surface area contributed by atoms with Crippen LogP contribution in [0.1, 0.15) is 44.2 Å². The predicted octanol–water partition coefficient (Wildman–Crippen LogP) is 2.40. The molecule has 2 aromatic rings. The first-order valence-corrected chi connectivity index (χ1v) is 12.5. The standard InChI is InChI=1S/C25H37N5O4.CH4/c1-3-29(20-16-19(17-26-18-20)24(31)28-11-14-34-15-12-28)25(32)23-27-21-8-4-5-9-22(21)30(23)10-6-7-13-33-2;/h4-5,8-9,19-20,26H,3,6-7,10-18H2,1-2H3;1H4/t19-,20+;/m1./s1. The maximum Gasteiger partial charge on any atom is 0.290 e. The quantitative estimate of drug-likeness (QED) is 0.547. The molecular formula is C26H41N5O4. The van der Waals surface area contributed by atoms with Gasteiger partial charge in [0.05, 0.1) is 30.2 Å². The lowest BCUT2D eigenvalue weighted by Gasteiger charge is -2.39. The molecule has 0 unspecified atom stereocenters. The SMILES string of the molecule is C.CCN(C(=O)c1nc2ccccc2n1CCCCOC)[C@@H]1CNC[C@H](C(=O)N2CCOCC2)C1. The topological polar surface area (TPSA) is 88.9 Å². The summed E-state index contributed by atoms with van der Waals surface area (Å²) < 4.78 is 12.6. The van der Waals surface area contributed by atoms with Crippen LogP contribution in [0, 0.1) is 5.92 Å². The molecule has 2 atom stereocenters. The van der Waals surface area contributed by atoms with Crippen molar-refractivity contribution in [2.75, 3.05) is 59.7 Å². The number of carbonyl (C=O) groups excluding carboxylic acids is 2. The second-order valence-electron chi connectivity index (χ2n) is 9.05. The van der Waals surface area contributed by atoms with Crippen molar-refractivity contribution < 1.29 is 19.1 Å². The van der Waals surface area contributed by atoms with Crippen LogP contribution in [0.2, 0.25) is 0 Å². The summed E-state index contributed by atoms with van der Waals surface area (Å²) >= 11 is 0. The fourth-order valence-corrected chi connectivity index (χ4v) is 5.06. The molecule has 194 valence electrons. The molecule has 9 heteroatoms. The van der Waals surface area contributed by atoms with Crippen molar-refractivity contribution >= 4 is 22.8 Å². The largest absolute Gasteiger partial charge is 0.385 e. The van der Waals surface area contributed by atoms with Gasteiger partial charge in [-0.05, 0) is 38.3 Å². The number of nitrogens with one attached hydrogen (secondary N) is 1. The lowest BCUT2D eigenvalue weighted by molar-refractivity contribution is -0.140. The van der Waals surface area contributed by atoms with Gasteiger partial charge >= 0.3 is 0 Å². The van der Waals surface area contributed by atoms with E-state index in [1.165, 1.54) is 0 Å². The Balaban J connectivity index is 0.00000342. The van der Waals surface area contributed by atoms with Crippen LogP contribution in [0.3, 0.4) is 0 Å². The number of imidazole rings is 1. The number of amides is 2. The molecule has 0 aliphatic carbocycles. The van der Waals surface area contributed by atoms with Crippen LogP contribution in [-0.4, -0.2) is 96.9 Å². The average Bonchev–Trinajstić information content (AvgIpc) is 3.26. The van der Waals surface area contributed by atoms with Crippen molar-refractivity contribution in [3.05, 3.63) is 30.1 Å². The van der Waals surface area contributed by atoms with Crippen LogP contribution in [0.4, 0.5) is 0 Å². The number of aryl methyl sites for hydroxylation is 1. The van der Waals surface area contributed by atoms with Crippen LogP contribution in [0.25, 0.3) is 11.0 Å². The number of carbonyl (C=O) groups is 2. The Bertz CT molecular complexity index is 972. The summed E-state index contributed by atoms with van der Waals surface area (Å²) in [7, 11) is 1.70. The molecular weight excluding hydrogens is 446 g/mol.